The van der Waals surface area contributed by atoms with E-state index in [4.69, 9.17) is 10.2 Å². The Morgan fingerprint density at radius 3 is 2.60 bits per heavy atom. The molecule has 3 heterocycles. The number of hydrogen-bond donors (Lipinski definition) is 1. The van der Waals surface area contributed by atoms with Gasteiger partial charge in [0.1, 0.15) is 23.7 Å². The highest BCUT2D eigenvalue weighted by molar-refractivity contribution is 5.77. The molecule has 134 valence electrons. The first-order valence-corrected chi connectivity index (χ1v) is 8.62. The van der Waals surface area contributed by atoms with Crippen molar-refractivity contribution in [3.63, 3.8) is 0 Å². The molecular formula is C18H24N4O3. The lowest BCUT2D eigenvalue weighted by Gasteiger charge is -2.39. The number of rotatable bonds is 3. The van der Waals surface area contributed by atoms with Crippen LogP contribution in [0.5, 0.6) is 0 Å². The number of carbonyl (C=O) groups is 1. The van der Waals surface area contributed by atoms with E-state index in [1.807, 2.05) is 31.7 Å². The van der Waals surface area contributed by atoms with Crippen LogP contribution in [0.1, 0.15) is 38.9 Å². The Labute approximate surface area is 146 Å². The normalized spacial score (nSPS) is 20.7. The van der Waals surface area contributed by atoms with Gasteiger partial charge in [0.2, 0.25) is 5.91 Å². The minimum atomic E-state index is -0.460. The molecule has 7 heteroatoms. The van der Waals surface area contributed by atoms with Crippen LogP contribution in [0, 0.1) is 6.92 Å². The van der Waals surface area contributed by atoms with Crippen LogP contribution in [-0.2, 0) is 11.3 Å². The molecule has 0 saturated carbocycles. The zero-order valence-electron chi connectivity index (χ0n) is 14.9. The second-order valence-electron chi connectivity index (χ2n) is 6.79. The Morgan fingerprint density at radius 2 is 2.00 bits per heavy atom. The van der Waals surface area contributed by atoms with Crippen molar-refractivity contribution in [2.24, 2.45) is 0 Å². The van der Waals surface area contributed by atoms with Crippen molar-refractivity contribution >= 4 is 11.6 Å². The van der Waals surface area contributed by atoms with Gasteiger partial charge in [0.25, 0.3) is 5.56 Å². The van der Waals surface area contributed by atoms with Gasteiger partial charge in [-0.2, -0.15) is 5.10 Å². The van der Waals surface area contributed by atoms with E-state index in [2.05, 4.69) is 5.10 Å². The fourth-order valence-corrected chi connectivity index (χ4v) is 3.48. The van der Waals surface area contributed by atoms with Crippen molar-refractivity contribution in [1.82, 2.24) is 14.7 Å². The third kappa shape index (κ3) is 3.45. The van der Waals surface area contributed by atoms with Crippen LogP contribution in [0.2, 0.25) is 0 Å². The smallest absolute Gasteiger partial charge is 0.290 e. The quantitative estimate of drug-likeness (QED) is 0.921. The molecule has 25 heavy (non-hydrogen) atoms. The summed E-state index contributed by atoms with van der Waals surface area (Å²) >= 11 is 0. The fraction of sp³-hybridized carbons (Fsp3) is 0.500. The van der Waals surface area contributed by atoms with Gasteiger partial charge >= 0.3 is 0 Å². The van der Waals surface area contributed by atoms with Crippen molar-refractivity contribution in [1.29, 1.82) is 0 Å². The maximum absolute atomic E-state index is 12.8. The first-order valence-electron chi connectivity index (χ1n) is 8.62. The molecule has 0 radical (unpaired) electrons. The number of nitrogen functional groups attached to an aromatic ring is 1. The summed E-state index contributed by atoms with van der Waals surface area (Å²) in [7, 11) is 0. The van der Waals surface area contributed by atoms with E-state index in [-0.39, 0.29) is 30.2 Å². The second-order valence-corrected chi connectivity index (χ2v) is 6.79. The fourth-order valence-electron chi connectivity index (χ4n) is 3.48. The number of carbonyl (C=O) groups excluding carboxylic acids is 1. The highest BCUT2D eigenvalue weighted by atomic mass is 16.3. The van der Waals surface area contributed by atoms with Crippen LogP contribution in [-0.4, -0.2) is 32.7 Å². The number of nitrogens with zero attached hydrogens (tertiary/aromatic N) is 3. The van der Waals surface area contributed by atoms with Crippen LogP contribution >= 0.6 is 0 Å². The van der Waals surface area contributed by atoms with E-state index < -0.39 is 5.56 Å². The summed E-state index contributed by atoms with van der Waals surface area (Å²) in [4.78, 5) is 26.9. The van der Waals surface area contributed by atoms with Crippen LogP contribution in [0.25, 0.3) is 11.5 Å². The molecule has 1 amide bonds. The Bertz CT molecular complexity index is 829. The maximum atomic E-state index is 12.8. The van der Waals surface area contributed by atoms with E-state index in [9.17, 15) is 9.59 Å². The summed E-state index contributed by atoms with van der Waals surface area (Å²) in [5, 5.41) is 4.28. The van der Waals surface area contributed by atoms with E-state index in [1.54, 1.807) is 6.07 Å². The highest BCUT2D eigenvalue weighted by Crippen LogP contribution is 2.23. The minimum absolute atomic E-state index is 0.0478. The maximum Gasteiger partial charge on any atom is 0.290 e. The molecule has 2 aromatic heterocycles. The van der Waals surface area contributed by atoms with Gasteiger partial charge < -0.3 is 15.1 Å². The lowest BCUT2D eigenvalue weighted by molar-refractivity contribution is -0.138. The lowest BCUT2D eigenvalue weighted by Crippen LogP contribution is -2.49. The van der Waals surface area contributed by atoms with Crippen molar-refractivity contribution in [3.8, 4) is 11.5 Å². The lowest BCUT2D eigenvalue weighted by atomic mass is 9.97. The number of hydrogen-bond acceptors (Lipinski definition) is 5. The number of amides is 1. The van der Waals surface area contributed by atoms with E-state index in [0.29, 0.717) is 11.5 Å². The van der Waals surface area contributed by atoms with Gasteiger partial charge in [-0.15, -0.1) is 0 Å². The average molecular weight is 344 g/mol. The SMILES string of the molecule is Cc1ccc(-c2cc(N)c(=O)n(CC(=O)N3[C@H](C)CCC[C@@H]3C)n2)o1. The van der Waals surface area contributed by atoms with E-state index >= 15 is 0 Å². The molecule has 0 bridgehead atoms. The van der Waals surface area contributed by atoms with Gasteiger partial charge in [-0.1, -0.05) is 0 Å². The average Bonchev–Trinajstić information content (AvgIpc) is 2.98. The molecule has 3 rings (SSSR count). The molecule has 0 aliphatic carbocycles. The number of nitrogens with two attached hydrogens (primary N) is 1. The molecule has 7 nitrogen and oxygen atoms in total. The predicted octanol–water partition coefficient (Wildman–Crippen LogP) is 2.18. The standard InChI is InChI=1S/C18H24N4O3/c1-11-5-4-6-12(2)22(11)17(23)10-21-18(24)14(19)9-15(20-21)16-8-7-13(3)25-16/h7-9,11-12H,4-6,10,19H2,1-3H3/t11-,12+. The number of aryl methyl sites for hydroxylation is 1. The number of anilines is 1. The van der Waals surface area contributed by atoms with E-state index in [0.717, 1.165) is 29.7 Å². The Hall–Kier alpha value is -2.57. The Morgan fingerprint density at radius 1 is 1.32 bits per heavy atom. The van der Waals surface area contributed by atoms with Crippen molar-refractivity contribution < 1.29 is 9.21 Å². The Balaban J connectivity index is 1.90. The van der Waals surface area contributed by atoms with Crippen LogP contribution in [0.3, 0.4) is 0 Å². The number of furan rings is 1. The van der Waals surface area contributed by atoms with E-state index in [1.165, 1.54) is 6.07 Å². The third-order valence-electron chi connectivity index (χ3n) is 4.76. The summed E-state index contributed by atoms with van der Waals surface area (Å²) in [5.41, 5.74) is 5.86. The zero-order valence-corrected chi connectivity index (χ0v) is 14.9. The molecule has 1 fully saturated rings. The molecule has 1 aliphatic heterocycles. The van der Waals surface area contributed by atoms with Gasteiger partial charge in [0.15, 0.2) is 5.76 Å². The van der Waals surface area contributed by atoms with Gasteiger partial charge in [0.05, 0.1) is 0 Å². The zero-order chi connectivity index (χ0) is 18.1. The van der Waals surface area contributed by atoms with Gasteiger partial charge in [0, 0.05) is 12.1 Å². The molecule has 2 atom stereocenters. The van der Waals surface area contributed by atoms with Gasteiger partial charge in [-0.05, 0) is 58.2 Å². The molecule has 1 aliphatic rings. The predicted molar refractivity (Wildman–Crippen MR) is 95.0 cm³/mol. The van der Waals surface area contributed by atoms with Crippen LogP contribution < -0.4 is 11.3 Å². The summed E-state index contributed by atoms with van der Waals surface area (Å²) < 4.78 is 6.68. The molecule has 0 unspecified atom stereocenters. The van der Waals surface area contributed by atoms with Crippen molar-refractivity contribution in [2.45, 2.75) is 58.7 Å². The Kier molecular flexibility index (Phi) is 4.65. The summed E-state index contributed by atoms with van der Waals surface area (Å²) in [5.74, 6) is 1.15. The largest absolute Gasteiger partial charge is 0.460 e. The van der Waals surface area contributed by atoms with Crippen LogP contribution in [0.4, 0.5) is 5.69 Å². The molecular weight excluding hydrogens is 320 g/mol. The molecule has 1 saturated heterocycles. The summed E-state index contributed by atoms with van der Waals surface area (Å²) in [6, 6.07) is 5.39. The number of aromatic nitrogens is 2. The monoisotopic (exact) mass is 344 g/mol. The summed E-state index contributed by atoms with van der Waals surface area (Å²) in [6.07, 6.45) is 3.07. The molecule has 2 aromatic rings. The topological polar surface area (TPSA) is 94.4 Å². The first-order chi connectivity index (χ1) is 11.9. The minimum Gasteiger partial charge on any atom is -0.460 e. The number of piperidine rings is 1. The third-order valence-corrected chi connectivity index (χ3v) is 4.76. The van der Waals surface area contributed by atoms with Crippen molar-refractivity contribution in [3.05, 3.63) is 34.3 Å². The second kappa shape index (κ2) is 6.74. The summed E-state index contributed by atoms with van der Waals surface area (Å²) in [6.45, 7) is 5.79. The molecule has 0 spiro atoms. The van der Waals surface area contributed by atoms with Gasteiger partial charge in [-0.25, -0.2) is 4.68 Å². The molecule has 0 aromatic carbocycles. The van der Waals surface area contributed by atoms with Crippen LogP contribution in [0.15, 0.2) is 27.4 Å². The first kappa shape index (κ1) is 17.3. The van der Waals surface area contributed by atoms with Crippen molar-refractivity contribution in [2.75, 3.05) is 5.73 Å². The number of likely N-dealkylation sites (tertiary alicyclic amines) is 1. The van der Waals surface area contributed by atoms with Gasteiger partial charge in [-0.3, -0.25) is 9.59 Å². The molecule has 2 N–H and O–H groups in total. The highest BCUT2D eigenvalue weighted by Gasteiger charge is 2.29.